The molecule has 2 rings (SSSR count). The average Bonchev–Trinajstić information content (AvgIpc) is 2.90. The van der Waals surface area contributed by atoms with Crippen molar-refractivity contribution < 1.29 is 9.63 Å². The van der Waals surface area contributed by atoms with E-state index in [0.29, 0.717) is 13.0 Å². The topological polar surface area (TPSA) is 29.5 Å². The van der Waals surface area contributed by atoms with E-state index in [9.17, 15) is 4.79 Å². The van der Waals surface area contributed by atoms with Crippen molar-refractivity contribution >= 4 is 29.3 Å². The summed E-state index contributed by atoms with van der Waals surface area (Å²) in [6.45, 7) is 1.41. The molecule has 1 saturated heterocycles. The lowest BCUT2D eigenvalue weighted by molar-refractivity contribution is -0.168. The van der Waals surface area contributed by atoms with Gasteiger partial charge in [-0.1, -0.05) is 11.6 Å². The number of hydroxylamine groups is 2. The van der Waals surface area contributed by atoms with E-state index in [1.54, 1.807) is 11.8 Å². The minimum atomic E-state index is 0.101. The highest BCUT2D eigenvalue weighted by Gasteiger charge is 2.18. The summed E-state index contributed by atoms with van der Waals surface area (Å²) in [5.74, 6) is 1.03. The maximum absolute atomic E-state index is 11.7. The van der Waals surface area contributed by atoms with Gasteiger partial charge in [0, 0.05) is 16.3 Å². The van der Waals surface area contributed by atoms with Crippen LogP contribution < -0.4 is 0 Å². The Kier molecular flexibility index (Phi) is 5.35. The van der Waals surface area contributed by atoms with Crippen LogP contribution in [0.3, 0.4) is 0 Å². The van der Waals surface area contributed by atoms with E-state index in [2.05, 4.69) is 0 Å². The zero-order valence-corrected chi connectivity index (χ0v) is 11.7. The van der Waals surface area contributed by atoms with Crippen LogP contribution in [0.4, 0.5) is 0 Å². The smallest absolute Gasteiger partial charge is 0.246 e. The van der Waals surface area contributed by atoms with Gasteiger partial charge in [0.2, 0.25) is 5.91 Å². The highest BCUT2D eigenvalue weighted by atomic mass is 35.5. The summed E-state index contributed by atoms with van der Waals surface area (Å²) in [7, 11) is 0. The molecule has 0 N–H and O–H groups in total. The molecule has 1 aromatic rings. The van der Waals surface area contributed by atoms with Crippen molar-refractivity contribution in [3.05, 3.63) is 29.3 Å². The number of thioether (sulfide) groups is 1. The third-order valence-corrected chi connectivity index (χ3v) is 4.00. The molecule has 0 saturated carbocycles. The second-order valence-electron chi connectivity index (χ2n) is 4.09. The molecule has 5 heteroatoms. The molecule has 0 radical (unpaired) electrons. The minimum Gasteiger partial charge on any atom is -0.273 e. The summed E-state index contributed by atoms with van der Waals surface area (Å²) in [4.78, 5) is 18.1. The number of hydrogen-bond donors (Lipinski definition) is 0. The Bertz CT molecular complexity index is 390. The van der Waals surface area contributed by atoms with Crippen molar-refractivity contribution in [1.82, 2.24) is 5.06 Å². The molecule has 98 valence electrons. The van der Waals surface area contributed by atoms with Gasteiger partial charge in [-0.2, -0.15) is 0 Å². The van der Waals surface area contributed by atoms with Gasteiger partial charge in [0.05, 0.1) is 13.2 Å². The van der Waals surface area contributed by atoms with E-state index in [0.717, 1.165) is 30.2 Å². The molecule has 1 aliphatic heterocycles. The van der Waals surface area contributed by atoms with Gasteiger partial charge >= 0.3 is 0 Å². The molecule has 18 heavy (non-hydrogen) atoms. The van der Waals surface area contributed by atoms with E-state index >= 15 is 0 Å². The van der Waals surface area contributed by atoms with Crippen molar-refractivity contribution in [1.29, 1.82) is 0 Å². The van der Waals surface area contributed by atoms with Crippen LogP contribution in [0.2, 0.25) is 5.02 Å². The standard InChI is InChI=1S/C13H16ClNO2S/c14-11-4-6-12(7-5-11)18-10-1-3-13(16)15-8-2-9-17-15/h4-7H,1-3,8-10H2. The van der Waals surface area contributed by atoms with Crippen LogP contribution in [0.1, 0.15) is 19.3 Å². The Morgan fingerprint density at radius 3 is 2.83 bits per heavy atom. The Hall–Kier alpha value is -0.710. The van der Waals surface area contributed by atoms with Gasteiger partial charge in [-0.05, 0) is 42.9 Å². The highest BCUT2D eigenvalue weighted by molar-refractivity contribution is 7.99. The third-order valence-electron chi connectivity index (χ3n) is 2.65. The lowest BCUT2D eigenvalue weighted by Crippen LogP contribution is -2.26. The number of halogens is 1. The molecular weight excluding hydrogens is 270 g/mol. The molecule has 0 aliphatic carbocycles. The minimum absolute atomic E-state index is 0.101. The van der Waals surface area contributed by atoms with E-state index in [1.165, 1.54) is 9.96 Å². The van der Waals surface area contributed by atoms with E-state index in [1.807, 2.05) is 24.3 Å². The number of carbonyl (C=O) groups is 1. The zero-order valence-electron chi connectivity index (χ0n) is 10.1. The molecule has 3 nitrogen and oxygen atoms in total. The summed E-state index contributed by atoms with van der Waals surface area (Å²) < 4.78 is 0. The molecular formula is C13H16ClNO2S. The SMILES string of the molecule is O=C(CCCSc1ccc(Cl)cc1)N1CCCO1. The molecule has 1 aliphatic rings. The Balaban J connectivity index is 1.63. The van der Waals surface area contributed by atoms with Crippen molar-refractivity contribution in [2.24, 2.45) is 0 Å². The van der Waals surface area contributed by atoms with Crippen LogP contribution in [0.15, 0.2) is 29.2 Å². The fourth-order valence-corrected chi connectivity index (χ4v) is 2.69. The normalized spacial score (nSPS) is 15.1. The fourth-order valence-electron chi connectivity index (χ4n) is 1.71. The van der Waals surface area contributed by atoms with Crippen LogP contribution in [-0.4, -0.2) is 29.9 Å². The molecule has 1 heterocycles. The quantitative estimate of drug-likeness (QED) is 0.614. The van der Waals surface area contributed by atoms with Gasteiger partial charge in [0.1, 0.15) is 0 Å². The molecule has 1 amide bonds. The summed E-state index contributed by atoms with van der Waals surface area (Å²) in [5, 5.41) is 2.24. The Morgan fingerprint density at radius 2 is 2.17 bits per heavy atom. The molecule has 1 fully saturated rings. The van der Waals surface area contributed by atoms with Crippen LogP contribution in [-0.2, 0) is 9.63 Å². The van der Waals surface area contributed by atoms with Gasteiger partial charge in [-0.15, -0.1) is 11.8 Å². The molecule has 0 unspecified atom stereocenters. The molecule has 0 spiro atoms. The van der Waals surface area contributed by atoms with E-state index < -0.39 is 0 Å². The van der Waals surface area contributed by atoms with Crippen molar-refractivity contribution in [2.75, 3.05) is 18.9 Å². The van der Waals surface area contributed by atoms with Gasteiger partial charge in [-0.25, -0.2) is 5.06 Å². The lowest BCUT2D eigenvalue weighted by atomic mass is 10.3. The maximum Gasteiger partial charge on any atom is 0.246 e. The van der Waals surface area contributed by atoms with Gasteiger partial charge in [-0.3, -0.25) is 9.63 Å². The monoisotopic (exact) mass is 285 g/mol. The van der Waals surface area contributed by atoms with Crippen molar-refractivity contribution in [3.8, 4) is 0 Å². The molecule has 0 bridgehead atoms. The highest BCUT2D eigenvalue weighted by Crippen LogP contribution is 2.21. The largest absolute Gasteiger partial charge is 0.273 e. The Labute approximate surface area is 116 Å². The lowest BCUT2D eigenvalue weighted by Gasteiger charge is -2.13. The predicted molar refractivity (Wildman–Crippen MR) is 73.7 cm³/mol. The summed E-state index contributed by atoms with van der Waals surface area (Å²) >= 11 is 7.56. The number of rotatable bonds is 5. The first-order valence-electron chi connectivity index (χ1n) is 6.07. The summed E-state index contributed by atoms with van der Waals surface area (Å²) in [6.07, 6.45) is 2.37. The first-order valence-corrected chi connectivity index (χ1v) is 7.44. The van der Waals surface area contributed by atoms with Crippen LogP contribution in [0.25, 0.3) is 0 Å². The number of carbonyl (C=O) groups excluding carboxylic acids is 1. The van der Waals surface area contributed by atoms with Gasteiger partial charge < -0.3 is 0 Å². The first-order chi connectivity index (χ1) is 8.75. The second kappa shape index (κ2) is 7.02. The average molecular weight is 286 g/mol. The number of hydrogen-bond acceptors (Lipinski definition) is 3. The fraction of sp³-hybridized carbons (Fsp3) is 0.462. The molecule has 0 atom stereocenters. The second-order valence-corrected chi connectivity index (χ2v) is 5.69. The van der Waals surface area contributed by atoms with Gasteiger partial charge in [0.15, 0.2) is 0 Å². The number of amides is 1. The summed E-state index contributed by atoms with van der Waals surface area (Å²) in [5.41, 5.74) is 0. The van der Waals surface area contributed by atoms with Gasteiger partial charge in [0.25, 0.3) is 0 Å². The van der Waals surface area contributed by atoms with E-state index in [-0.39, 0.29) is 5.91 Å². The van der Waals surface area contributed by atoms with E-state index in [4.69, 9.17) is 16.4 Å². The zero-order chi connectivity index (χ0) is 12.8. The maximum atomic E-state index is 11.7. The van der Waals surface area contributed by atoms with Crippen LogP contribution >= 0.6 is 23.4 Å². The third kappa shape index (κ3) is 4.19. The van der Waals surface area contributed by atoms with Crippen molar-refractivity contribution in [3.63, 3.8) is 0 Å². The number of nitrogens with zero attached hydrogens (tertiary/aromatic N) is 1. The van der Waals surface area contributed by atoms with Crippen molar-refractivity contribution in [2.45, 2.75) is 24.2 Å². The first kappa shape index (κ1) is 13.7. The van der Waals surface area contributed by atoms with Crippen LogP contribution in [0.5, 0.6) is 0 Å². The molecule has 0 aromatic heterocycles. The molecule has 1 aromatic carbocycles. The predicted octanol–water partition coefficient (Wildman–Crippen LogP) is 3.38. The number of benzene rings is 1. The Morgan fingerprint density at radius 1 is 1.39 bits per heavy atom. The van der Waals surface area contributed by atoms with Crippen LogP contribution in [0, 0.1) is 0 Å². The summed E-state index contributed by atoms with van der Waals surface area (Å²) in [6, 6.07) is 7.76.